The average molecular weight is 228 g/mol. The molecule has 0 aromatic carbocycles. The lowest BCUT2D eigenvalue weighted by molar-refractivity contribution is -0.154. The van der Waals surface area contributed by atoms with Crippen molar-refractivity contribution in [1.82, 2.24) is 10.2 Å². The van der Waals surface area contributed by atoms with Crippen LogP contribution < -0.4 is 5.32 Å². The predicted molar refractivity (Wildman–Crippen MR) is 64.4 cm³/mol. The van der Waals surface area contributed by atoms with Crippen LogP contribution in [0.15, 0.2) is 0 Å². The molecule has 0 aromatic rings. The highest BCUT2D eigenvalue weighted by molar-refractivity contribution is 5.70. The lowest BCUT2D eigenvalue weighted by atomic mass is 10.2. The quantitative estimate of drug-likeness (QED) is 0.729. The molecule has 1 saturated heterocycles. The van der Waals surface area contributed by atoms with Gasteiger partial charge < -0.3 is 15.0 Å². The zero-order valence-corrected chi connectivity index (χ0v) is 10.9. The summed E-state index contributed by atoms with van der Waals surface area (Å²) in [6.45, 7) is 8.62. The number of carbonyl (C=O) groups excluding carboxylic acids is 1. The SMILES string of the molecule is CN1CCC(NCCC(=O)OC(C)(C)C)C1. The van der Waals surface area contributed by atoms with Crippen LogP contribution in [0.2, 0.25) is 0 Å². The molecule has 1 aliphatic heterocycles. The second-order valence-electron chi connectivity index (χ2n) is 5.54. The maximum atomic E-state index is 11.4. The van der Waals surface area contributed by atoms with E-state index in [1.807, 2.05) is 20.8 Å². The number of likely N-dealkylation sites (tertiary alicyclic amines) is 1. The van der Waals surface area contributed by atoms with Gasteiger partial charge in [0.05, 0.1) is 6.42 Å². The van der Waals surface area contributed by atoms with Gasteiger partial charge in [0.25, 0.3) is 0 Å². The van der Waals surface area contributed by atoms with Crippen LogP contribution in [0.5, 0.6) is 0 Å². The monoisotopic (exact) mass is 228 g/mol. The summed E-state index contributed by atoms with van der Waals surface area (Å²) < 4.78 is 5.23. The third-order valence-corrected chi connectivity index (χ3v) is 2.57. The Labute approximate surface area is 98.3 Å². The van der Waals surface area contributed by atoms with Crippen LogP contribution in [-0.2, 0) is 9.53 Å². The molecule has 0 radical (unpaired) electrons. The summed E-state index contributed by atoms with van der Waals surface area (Å²) in [6.07, 6.45) is 1.63. The van der Waals surface area contributed by atoms with E-state index in [4.69, 9.17) is 4.74 Å². The summed E-state index contributed by atoms with van der Waals surface area (Å²) in [5.74, 6) is -0.119. The molecule has 1 atom stereocenters. The Bertz CT molecular complexity index is 236. The van der Waals surface area contributed by atoms with E-state index in [0.29, 0.717) is 19.0 Å². The van der Waals surface area contributed by atoms with E-state index in [-0.39, 0.29) is 11.6 Å². The molecule has 94 valence electrons. The number of nitrogens with zero attached hydrogens (tertiary/aromatic N) is 1. The minimum absolute atomic E-state index is 0.119. The molecular formula is C12H24N2O2. The fourth-order valence-corrected chi connectivity index (χ4v) is 1.87. The highest BCUT2D eigenvalue weighted by atomic mass is 16.6. The van der Waals surface area contributed by atoms with Crippen LogP contribution in [0.3, 0.4) is 0 Å². The molecule has 1 fully saturated rings. The number of hydrogen-bond donors (Lipinski definition) is 1. The van der Waals surface area contributed by atoms with E-state index in [1.54, 1.807) is 0 Å². The minimum atomic E-state index is -0.370. The highest BCUT2D eigenvalue weighted by Gasteiger charge is 2.20. The van der Waals surface area contributed by atoms with Crippen molar-refractivity contribution in [3.63, 3.8) is 0 Å². The Morgan fingerprint density at radius 3 is 2.69 bits per heavy atom. The van der Waals surface area contributed by atoms with Gasteiger partial charge in [-0.05, 0) is 40.8 Å². The Morgan fingerprint density at radius 1 is 1.50 bits per heavy atom. The van der Waals surface area contributed by atoms with E-state index in [9.17, 15) is 4.79 Å². The molecule has 1 N–H and O–H groups in total. The molecule has 1 unspecified atom stereocenters. The van der Waals surface area contributed by atoms with Gasteiger partial charge in [-0.1, -0.05) is 0 Å². The van der Waals surface area contributed by atoms with Crippen LogP contribution in [0.25, 0.3) is 0 Å². The number of rotatable bonds is 4. The Hall–Kier alpha value is -0.610. The predicted octanol–water partition coefficient (Wildman–Crippen LogP) is 1.01. The van der Waals surface area contributed by atoms with Crippen molar-refractivity contribution in [2.24, 2.45) is 0 Å². The van der Waals surface area contributed by atoms with E-state index in [0.717, 1.165) is 13.1 Å². The number of ether oxygens (including phenoxy) is 1. The minimum Gasteiger partial charge on any atom is -0.460 e. The molecular weight excluding hydrogens is 204 g/mol. The fourth-order valence-electron chi connectivity index (χ4n) is 1.87. The van der Waals surface area contributed by atoms with Gasteiger partial charge in [-0.15, -0.1) is 0 Å². The van der Waals surface area contributed by atoms with E-state index < -0.39 is 0 Å². The summed E-state index contributed by atoms with van der Waals surface area (Å²) in [6, 6.07) is 0.535. The first kappa shape index (κ1) is 13.5. The van der Waals surface area contributed by atoms with Crippen LogP contribution >= 0.6 is 0 Å². The summed E-state index contributed by atoms with van der Waals surface area (Å²) in [5.41, 5.74) is -0.370. The van der Waals surface area contributed by atoms with Gasteiger partial charge in [0.2, 0.25) is 0 Å². The van der Waals surface area contributed by atoms with Gasteiger partial charge in [0.15, 0.2) is 0 Å². The molecule has 0 amide bonds. The molecule has 1 aliphatic rings. The van der Waals surface area contributed by atoms with Gasteiger partial charge in [-0.25, -0.2) is 0 Å². The molecule has 0 aromatic heterocycles. The maximum Gasteiger partial charge on any atom is 0.307 e. The largest absolute Gasteiger partial charge is 0.460 e. The standard InChI is InChI=1S/C12H24N2O2/c1-12(2,3)16-11(15)5-7-13-10-6-8-14(4)9-10/h10,13H,5-9H2,1-4H3. The highest BCUT2D eigenvalue weighted by Crippen LogP contribution is 2.09. The van der Waals surface area contributed by atoms with Gasteiger partial charge in [0.1, 0.15) is 5.60 Å². The van der Waals surface area contributed by atoms with Crippen molar-refractivity contribution in [2.45, 2.75) is 45.3 Å². The molecule has 4 nitrogen and oxygen atoms in total. The van der Waals surface area contributed by atoms with Crippen molar-refractivity contribution in [3.8, 4) is 0 Å². The third kappa shape index (κ3) is 5.47. The van der Waals surface area contributed by atoms with E-state index >= 15 is 0 Å². The molecule has 0 aliphatic carbocycles. The molecule has 0 bridgehead atoms. The molecule has 0 saturated carbocycles. The van der Waals surface area contributed by atoms with Crippen molar-refractivity contribution < 1.29 is 9.53 Å². The summed E-state index contributed by atoms with van der Waals surface area (Å²) in [7, 11) is 2.12. The zero-order valence-electron chi connectivity index (χ0n) is 10.9. The van der Waals surface area contributed by atoms with Crippen molar-refractivity contribution in [3.05, 3.63) is 0 Å². The van der Waals surface area contributed by atoms with Crippen LogP contribution in [0.1, 0.15) is 33.6 Å². The number of likely N-dealkylation sites (N-methyl/N-ethyl adjacent to an activating group) is 1. The van der Waals surface area contributed by atoms with Crippen molar-refractivity contribution in [2.75, 3.05) is 26.7 Å². The summed E-state index contributed by atoms with van der Waals surface area (Å²) in [4.78, 5) is 13.7. The van der Waals surface area contributed by atoms with Crippen LogP contribution in [-0.4, -0.2) is 49.2 Å². The average Bonchev–Trinajstić information content (AvgIpc) is 2.48. The lowest BCUT2D eigenvalue weighted by Crippen LogP contribution is -2.34. The topological polar surface area (TPSA) is 41.6 Å². The first-order valence-corrected chi connectivity index (χ1v) is 6.00. The smallest absolute Gasteiger partial charge is 0.307 e. The van der Waals surface area contributed by atoms with Crippen molar-refractivity contribution in [1.29, 1.82) is 0 Å². The second-order valence-corrected chi connectivity index (χ2v) is 5.54. The number of nitrogens with one attached hydrogen (secondary N) is 1. The normalized spacial score (nSPS) is 22.4. The molecule has 4 heteroatoms. The second kappa shape index (κ2) is 5.64. The molecule has 0 spiro atoms. The Kier molecular flexibility index (Phi) is 4.74. The fraction of sp³-hybridized carbons (Fsp3) is 0.917. The Balaban J connectivity index is 2.09. The van der Waals surface area contributed by atoms with Crippen LogP contribution in [0, 0.1) is 0 Å². The van der Waals surface area contributed by atoms with E-state index in [1.165, 1.54) is 6.42 Å². The Morgan fingerprint density at radius 2 is 2.19 bits per heavy atom. The first-order chi connectivity index (χ1) is 7.37. The lowest BCUT2D eigenvalue weighted by Gasteiger charge is -2.20. The van der Waals surface area contributed by atoms with Gasteiger partial charge >= 0.3 is 5.97 Å². The zero-order chi connectivity index (χ0) is 12.2. The molecule has 1 heterocycles. The number of esters is 1. The first-order valence-electron chi connectivity index (χ1n) is 6.00. The van der Waals surface area contributed by atoms with Gasteiger partial charge in [-0.3, -0.25) is 4.79 Å². The van der Waals surface area contributed by atoms with Gasteiger partial charge in [0, 0.05) is 19.1 Å². The summed E-state index contributed by atoms with van der Waals surface area (Å²) >= 11 is 0. The molecule has 16 heavy (non-hydrogen) atoms. The van der Waals surface area contributed by atoms with Crippen molar-refractivity contribution >= 4 is 5.97 Å². The molecule has 1 rings (SSSR count). The maximum absolute atomic E-state index is 11.4. The number of hydrogen-bond acceptors (Lipinski definition) is 4. The third-order valence-electron chi connectivity index (χ3n) is 2.57. The summed E-state index contributed by atoms with van der Waals surface area (Å²) in [5, 5.41) is 3.39. The van der Waals surface area contributed by atoms with Crippen LogP contribution in [0.4, 0.5) is 0 Å². The number of carbonyl (C=O) groups is 1. The van der Waals surface area contributed by atoms with Gasteiger partial charge in [-0.2, -0.15) is 0 Å². The van der Waals surface area contributed by atoms with E-state index in [2.05, 4.69) is 17.3 Å².